The molecule has 3 nitrogen and oxygen atoms in total. The molecule has 0 aliphatic carbocycles. The second-order valence-corrected chi connectivity index (χ2v) is 5.97. The molecular weight excluding hydrogens is 338 g/mol. The number of aromatic nitrogens is 1. The zero-order valence-corrected chi connectivity index (χ0v) is 13.6. The standard InChI is InChI=1S/C18H17F4NO2/c1-11-7-12(18(20,21)22)9-23-17(11)15-8-13(19)4-5-16(15)25-10-14-3-2-6-24-14/h4-5,7-9,14H,2-3,6,10H2,1H3. The Kier molecular flexibility index (Phi) is 4.94. The van der Waals surface area contributed by atoms with Crippen molar-refractivity contribution in [3.63, 3.8) is 0 Å². The van der Waals surface area contributed by atoms with Crippen molar-refractivity contribution in [3.8, 4) is 17.0 Å². The largest absolute Gasteiger partial charge is 0.490 e. The normalized spacial score (nSPS) is 17.7. The van der Waals surface area contributed by atoms with Crippen LogP contribution in [0.15, 0.2) is 30.5 Å². The van der Waals surface area contributed by atoms with Gasteiger partial charge in [-0.15, -0.1) is 0 Å². The quantitative estimate of drug-likeness (QED) is 0.740. The second-order valence-electron chi connectivity index (χ2n) is 5.97. The van der Waals surface area contributed by atoms with E-state index in [0.29, 0.717) is 30.1 Å². The van der Waals surface area contributed by atoms with Crippen LogP contribution in [0.4, 0.5) is 17.6 Å². The highest BCUT2D eigenvalue weighted by molar-refractivity contribution is 5.70. The predicted octanol–water partition coefficient (Wildman–Crippen LogP) is 4.77. The van der Waals surface area contributed by atoms with Crippen molar-refractivity contribution >= 4 is 0 Å². The number of ether oxygens (including phenoxy) is 2. The van der Waals surface area contributed by atoms with Crippen molar-refractivity contribution < 1.29 is 27.0 Å². The van der Waals surface area contributed by atoms with Crippen LogP contribution in [0.25, 0.3) is 11.3 Å². The predicted molar refractivity (Wildman–Crippen MR) is 83.8 cm³/mol. The fraction of sp³-hybridized carbons (Fsp3) is 0.389. The first-order chi connectivity index (χ1) is 11.8. The van der Waals surface area contributed by atoms with Gasteiger partial charge in [0.05, 0.1) is 17.4 Å². The molecule has 2 aromatic rings. The molecule has 0 radical (unpaired) electrons. The molecule has 2 heterocycles. The molecule has 0 saturated carbocycles. The molecule has 1 saturated heterocycles. The first kappa shape index (κ1) is 17.7. The molecular formula is C18H17F4NO2. The van der Waals surface area contributed by atoms with Crippen LogP contribution in [-0.4, -0.2) is 24.3 Å². The molecule has 25 heavy (non-hydrogen) atoms. The smallest absolute Gasteiger partial charge is 0.417 e. The summed E-state index contributed by atoms with van der Waals surface area (Å²) in [6.45, 7) is 2.49. The Balaban J connectivity index is 1.91. The summed E-state index contributed by atoms with van der Waals surface area (Å²) in [4.78, 5) is 3.90. The number of pyridine rings is 1. The lowest BCUT2D eigenvalue weighted by atomic mass is 10.0. The van der Waals surface area contributed by atoms with Crippen molar-refractivity contribution in [2.75, 3.05) is 13.2 Å². The van der Waals surface area contributed by atoms with Gasteiger partial charge in [0.25, 0.3) is 0 Å². The van der Waals surface area contributed by atoms with E-state index in [1.807, 2.05) is 0 Å². The third-order valence-electron chi connectivity index (χ3n) is 4.05. The molecule has 1 aliphatic heterocycles. The number of halogens is 4. The Morgan fingerprint density at radius 1 is 1.28 bits per heavy atom. The summed E-state index contributed by atoms with van der Waals surface area (Å²) in [6, 6.07) is 4.91. The molecule has 1 fully saturated rings. The molecule has 0 amide bonds. The van der Waals surface area contributed by atoms with Crippen LogP contribution in [0.2, 0.25) is 0 Å². The molecule has 3 rings (SSSR count). The van der Waals surface area contributed by atoms with Gasteiger partial charge in [-0.1, -0.05) is 0 Å². The lowest BCUT2D eigenvalue weighted by Gasteiger charge is -2.16. The average molecular weight is 355 g/mol. The van der Waals surface area contributed by atoms with E-state index in [-0.39, 0.29) is 11.8 Å². The van der Waals surface area contributed by atoms with E-state index in [0.717, 1.165) is 25.1 Å². The number of alkyl halides is 3. The van der Waals surface area contributed by atoms with Crippen molar-refractivity contribution in [3.05, 3.63) is 47.4 Å². The maximum atomic E-state index is 13.7. The first-order valence-corrected chi connectivity index (χ1v) is 7.93. The maximum Gasteiger partial charge on any atom is 0.417 e. The van der Waals surface area contributed by atoms with E-state index in [2.05, 4.69) is 4.98 Å². The highest BCUT2D eigenvalue weighted by atomic mass is 19.4. The highest BCUT2D eigenvalue weighted by Crippen LogP contribution is 2.35. The van der Waals surface area contributed by atoms with Gasteiger partial charge in [-0.3, -0.25) is 4.98 Å². The Morgan fingerprint density at radius 3 is 2.72 bits per heavy atom. The minimum atomic E-state index is -4.47. The SMILES string of the molecule is Cc1cc(C(F)(F)F)cnc1-c1cc(F)ccc1OCC1CCCO1. The fourth-order valence-electron chi connectivity index (χ4n) is 2.78. The van der Waals surface area contributed by atoms with Crippen LogP contribution >= 0.6 is 0 Å². The summed E-state index contributed by atoms with van der Waals surface area (Å²) in [5, 5.41) is 0. The molecule has 0 spiro atoms. The maximum absolute atomic E-state index is 13.7. The molecule has 1 aromatic heterocycles. The first-order valence-electron chi connectivity index (χ1n) is 7.93. The summed E-state index contributed by atoms with van der Waals surface area (Å²) in [5.74, 6) is -0.146. The van der Waals surface area contributed by atoms with Gasteiger partial charge in [0.1, 0.15) is 18.2 Å². The van der Waals surface area contributed by atoms with Gasteiger partial charge in [-0.05, 0) is 49.6 Å². The number of nitrogens with zero attached hydrogens (tertiary/aromatic N) is 1. The van der Waals surface area contributed by atoms with Crippen molar-refractivity contribution in [1.82, 2.24) is 4.98 Å². The average Bonchev–Trinajstić information content (AvgIpc) is 3.06. The van der Waals surface area contributed by atoms with Gasteiger partial charge in [-0.25, -0.2) is 4.39 Å². The van der Waals surface area contributed by atoms with E-state index in [1.165, 1.54) is 25.1 Å². The lowest BCUT2D eigenvalue weighted by molar-refractivity contribution is -0.137. The minimum absolute atomic E-state index is 0.0282. The number of rotatable bonds is 4. The summed E-state index contributed by atoms with van der Waals surface area (Å²) >= 11 is 0. The van der Waals surface area contributed by atoms with Crippen molar-refractivity contribution in [1.29, 1.82) is 0 Å². The molecule has 7 heteroatoms. The van der Waals surface area contributed by atoms with E-state index < -0.39 is 17.6 Å². The van der Waals surface area contributed by atoms with Crippen molar-refractivity contribution in [2.24, 2.45) is 0 Å². The third kappa shape index (κ3) is 4.10. The summed E-state index contributed by atoms with van der Waals surface area (Å²) < 4.78 is 63.3. The summed E-state index contributed by atoms with van der Waals surface area (Å²) in [7, 11) is 0. The van der Waals surface area contributed by atoms with E-state index in [4.69, 9.17) is 9.47 Å². The molecule has 134 valence electrons. The lowest BCUT2D eigenvalue weighted by Crippen LogP contribution is -2.16. The summed E-state index contributed by atoms with van der Waals surface area (Å²) in [6.07, 6.45) is -1.91. The Labute approximate surface area is 142 Å². The summed E-state index contributed by atoms with van der Waals surface area (Å²) in [5.41, 5.74) is 0.0356. The Bertz CT molecular complexity index is 755. The van der Waals surface area contributed by atoms with Gasteiger partial charge < -0.3 is 9.47 Å². The van der Waals surface area contributed by atoms with E-state index >= 15 is 0 Å². The van der Waals surface area contributed by atoms with Crippen LogP contribution in [0.5, 0.6) is 5.75 Å². The zero-order chi connectivity index (χ0) is 18.0. The molecule has 1 aliphatic rings. The minimum Gasteiger partial charge on any atom is -0.490 e. The topological polar surface area (TPSA) is 31.4 Å². The third-order valence-corrected chi connectivity index (χ3v) is 4.05. The fourth-order valence-corrected chi connectivity index (χ4v) is 2.78. The highest BCUT2D eigenvalue weighted by Gasteiger charge is 2.31. The van der Waals surface area contributed by atoms with Crippen LogP contribution < -0.4 is 4.74 Å². The van der Waals surface area contributed by atoms with Gasteiger partial charge in [0.2, 0.25) is 0 Å². The van der Waals surface area contributed by atoms with E-state index in [1.54, 1.807) is 0 Å². The molecule has 1 atom stereocenters. The zero-order valence-electron chi connectivity index (χ0n) is 13.6. The number of aryl methyl sites for hydroxylation is 1. The van der Waals surface area contributed by atoms with Crippen LogP contribution in [0, 0.1) is 12.7 Å². The van der Waals surface area contributed by atoms with Crippen LogP contribution in [0.1, 0.15) is 24.0 Å². The Hall–Kier alpha value is -2.15. The molecule has 1 aromatic carbocycles. The van der Waals surface area contributed by atoms with Crippen LogP contribution in [-0.2, 0) is 10.9 Å². The number of hydrogen-bond acceptors (Lipinski definition) is 3. The van der Waals surface area contributed by atoms with Gasteiger partial charge >= 0.3 is 6.18 Å². The number of benzene rings is 1. The van der Waals surface area contributed by atoms with E-state index in [9.17, 15) is 17.6 Å². The van der Waals surface area contributed by atoms with Crippen LogP contribution in [0.3, 0.4) is 0 Å². The second kappa shape index (κ2) is 7.00. The molecule has 0 bridgehead atoms. The monoisotopic (exact) mass is 355 g/mol. The Morgan fingerprint density at radius 2 is 2.08 bits per heavy atom. The molecule has 0 N–H and O–H groups in total. The van der Waals surface area contributed by atoms with Gasteiger partial charge in [-0.2, -0.15) is 13.2 Å². The van der Waals surface area contributed by atoms with Crippen molar-refractivity contribution in [2.45, 2.75) is 32.0 Å². The number of hydrogen-bond donors (Lipinski definition) is 0. The van der Waals surface area contributed by atoms with Gasteiger partial charge in [0, 0.05) is 18.4 Å². The van der Waals surface area contributed by atoms with Gasteiger partial charge in [0.15, 0.2) is 0 Å². The molecule has 1 unspecified atom stereocenters.